The van der Waals surface area contributed by atoms with Crippen molar-refractivity contribution in [2.75, 3.05) is 49.5 Å². The van der Waals surface area contributed by atoms with Crippen molar-refractivity contribution in [3.05, 3.63) is 22.7 Å². The molecule has 114 valence electrons. The lowest BCUT2D eigenvalue weighted by Crippen LogP contribution is -2.47. The van der Waals surface area contributed by atoms with Gasteiger partial charge in [0, 0.05) is 44.0 Å². The van der Waals surface area contributed by atoms with Gasteiger partial charge in [-0.1, -0.05) is 11.6 Å². The Morgan fingerprint density at radius 3 is 2.71 bits per heavy atom. The summed E-state index contributed by atoms with van der Waals surface area (Å²) in [6.07, 6.45) is 0. The van der Waals surface area contributed by atoms with Gasteiger partial charge < -0.3 is 21.1 Å². The lowest BCUT2D eigenvalue weighted by molar-refractivity contribution is -0.116. The number of halogens is 1. The van der Waals surface area contributed by atoms with Gasteiger partial charge in [0.15, 0.2) is 0 Å². The molecule has 3 rings (SSSR count). The minimum atomic E-state index is -0.632. The number of benzene rings is 1. The topological polar surface area (TPSA) is 81.8 Å². The Labute approximate surface area is 128 Å². The zero-order valence-corrected chi connectivity index (χ0v) is 12.4. The molecule has 1 atom stereocenters. The van der Waals surface area contributed by atoms with Crippen LogP contribution in [0.15, 0.2) is 12.1 Å². The van der Waals surface area contributed by atoms with Crippen molar-refractivity contribution < 1.29 is 9.90 Å². The Balaban J connectivity index is 1.78. The molecule has 6 nitrogen and oxygen atoms in total. The number of nitrogens with zero attached hydrogens (tertiary/aromatic N) is 2. The standard InChI is InChI=1S/C14H19ClN4O2/c15-10-7-9-11(17-14(21)13(9)16)8-12(10)19-3-1-18(2-4-19)5-6-20/h7-8,13,20H,1-6,16H2,(H,17,21). The van der Waals surface area contributed by atoms with E-state index >= 15 is 0 Å². The zero-order chi connectivity index (χ0) is 15.0. The van der Waals surface area contributed by atoms with Gasteiger partial charge in [-0.25, -0.2) is 0 Å². The molecule has 0 spiro atoms. The molecule has 0 bridgehead atoms. The third kappa shape index (κ3) is 2.72. The number of rotatable bonds is 3. The fraction of sp³-hybridized carbons (Fsp3) is 0.500. The largest absolute Gasteiger partial charge is 0.395 e. The van der Waals surface area contributed by atoms with Crippen LogP contribution in [-0.4, -0.2) is 55.2 Å². The fourth-order valence-corrected chi connectivity index (χ4v) is 3.18. The van der Waals surface area contributed by atoms with Gasteiger partial charge >= 0.3 is 0 Å². The predicted octanol–water partition coefficient (Wildman–Crippen LogP) is 0.406. The summed E-state index contributed by atoms with van der Waals surface area (Å²) in [4.78, 5) is 16.0. The number of amides is 1. The number of nitrogens with one attached hydrogen (secondary N) is 1. The summed E-state index contributed by atoms with van der Waals surface area (Å²) < 4.78 is 0. The molecule has 1 fully saturated rings. The SMILES string of the molecule is NC1C(=O)Nc2cc(N3CCN(CCO)CC3)c(Cl)cc21. The molecular weight excluding hydrogens is 292 g/mol. The molecule has 21 heavy (non-hydrogen) atoms. The Morgan fingerprint density at radius 2 is 2.05 bits per heavy atom. The second kappa shape index (κ2) is 5.81. The highest BCUT2D eigenvalue weighted by Crippen LogP contribution is 2.38. The third-order valence-corrected chi connectivity index (χ3v) is 4.43. The summed E-state index contributed by atoms with van der Waals surface area (Å²) in [6, 6.07) is 3.06. The first-order valence-corrected chi connectivity index (χ1v) is 7.46. The maximum atomic E-state index is 11.6. The van der Waals surface area contributed by atoms with Crippen molar-refractivity contribution in [2.45, 2.75) is 6.04 Å². The number of hydrogen-bond donors (Lipinski definition) is 3. The number of β-amino-alcohol motifs (C(OH)–C–C–N with tert-alkyl or cyclic N) is 1. The molecular formula is C14H19ClN4O2. The number of hydrogen-bond acceptors (Lipinski definition) is 5. The minimum absolute atomic E-state index is 0.184. The van der Waals surface area contributed by atoms with E-state index in [1.807, 2.05) is 6.07 Å². The second-order valence-corrected chi connectivity index (χ2v) is 5.82. The van der Waals surface area contributed by atoms with Gasteiger partial charge in [-0.2, -0.15) is 0 Å². The van der Waals surface area contributed by atoms with Crippen LogP contribution in [0.5, 0.6) is 0 Å². The van der Waals surface area contributed by atoms with E-state index in [-0.39, 0.29) is 12.5 Å². The van der Waals surface area contributed by atoms with Gasteiger partial charge in [0.1, 0.15) is 6.04 Å². The smallest absolute Gasteiger partial charge is 0.245 e. The van der Waals surface area contributed by atoms with Crippen LogP contribution in [0, 0.1) is 0 Å². The van der Waals surface area contributed by atoms with Gasteiger partial charge in [-0.15, -0.1) is 0 Å². The van der Waals surface area contributed by atoms with Crippen LogP contribution < -0.4 is 16.0 Å². The molecule has 2 aliphatic heterocycles. The quantitative estimate of drug-likeness (QED) is 0.753. The number of nitrogens with two attached hydrogens (primary N) is 1. The van der Waals surface area contributed by atoms with Crippen molar-refractivity contribution in [1.29, 1.82) is 0 Å². The zero-order valence-electron chi connectivity index (χ0n) is 11.7. The summed E-state index contributed by atoms with van der Waals surface area (Å²) in [7, 11) is 0. The first kappa shape index (κ1) is 14.6. The van der Waals surface area contributed by atoms with Crippen molar-refractivity contribution in [1.82, 2.24) is 4.90 Å². The Bertz CT molecular complexity index is 558. The third-order valence-electron chi connectivity index (χ3n) is 4.12. The van der Waals surface area contributed by atoms with Crippen molar-refractivity contribution >= 4 is 28.9 Å². The highest BCUT2D eigenvalue weighted by molar-refractivity contribution is 6.33. The number of carbonyl (C=O) groups excluding carboxylic acids is 1. The molecule has 1 aromatic carbocycles. The first-order chi connectivity index (χ1) is 10.1. The van der Waals surface area contributed by atoms with E-state index in [0.29, 0.717) is 11.6 Å². The molecule has 1 aromatic rings. The number of carbonyl (C=O) groups is 1. The number of anilines is 2. The molecule has 2 heterocycles. The molecule has 1 saturated heterocycles. The molecule has 0 aliphatic carbocycles. The maximum absolute atomic E-state index is 11.6. The first-order valence-electron chi connectivity index (χ1n) is 7.08. The minimum Gasteiger partial charge on any atom is -0.395 e. The molecule has 2 aliphatic rings. The van der Waals surface area contributed by atoms with Gasteiger partial charge in [0.2, 0.25) is 5.91 Å². The molecule has 4 N–H and O–H groups in total. The van der Waals surface area contributed by atoms with Crippen LogP contribution in [0.2, 0.25) is 5.02 Å². The van der Waals surface area contributed by atoms with E-state index in [1.165, 1.54) is 0 Å². The highest BCUT2D eigenvalue weighted by Gasteiger charge is 2.29. The van der Waals surface area contributed by atoms with Crippen LogP contribution in [0.4, 0.5) is 11.4 Å². The molecule has 7 heteroatoms. The molecule has 0 aromatic heterocycles. The van der Waals surface area contributed by atoms with Crippen molar-refractivity contribution in [3.63, 3.8) is 0 Å². The van der Waals surface area contributed by atoms with Crippen LogP contribution >= 0.6 is 11.6 Å². The Morgan fingerprint density at radius 1 is 1.33 bits per heavy atom. The lowest BCUT2D eigenvalue weighted by atomic mass is 10.1. The summed E-state index contributed by atoms with van der Waals surface area (Å²) in [5, 5.41) is 12.4. The molecule has 0 radical (unpaired) electrons. The molecule has 1 unspecified atom stereocenters. The van der Waals surface area contributed by atoms with Gasteiger partial charge in [-0.05, 0) is 12.1 Å². The number of aliphatic hydroxyl groups excluding tert-OH is 1. The van der Waals surface area contributed by atoms with Crippen molar-refractivity contribution in [3.8, 4) is 0 Å². The second-order valence-electron chi connectivity index (χ2n) is 5.41. The lowest BCUT2D eigenvalue weighted by Gasteiger charge is -2.36. The monoisotopic (exact) mass is 310 g/mol. The van der Waals surface area contributed by atoms with E-state index in [4.69, 9.17) is 22.4 Å². The predicted molar refractivity (Wildman–Crippen MR) is 82.7 cm³/mol. The number of fused-ring (bicyclic) bond motifs is 1. The van der Waals surface area contributed by atoms with E-state index in [0.717, 1.165) is 43.1 Å². The average molecular weight is 311 g/mol. The van der Waals surface area contributed by atoms with Crippen LogP contribution in [-0.2, 0) is 4.79 Å². The maximum Gasteiger partial charge on any atom is 0.245 e. The van der Waals surface area contributed by atoms with E-state index in [9.17, 15) is 4.79 Å². The van der Waals surface area contributed by atoms with E-state index in [1.54, 1.807) is 6.07 Å². The van der Waals surface area contributed by atoms with E-state index < -0.39 is 6.04 Å². The summed E-state index contributed by atoms with van der Waals surface area (Å²) in [5.74, 6) is -0.189. The fourth-order valence-electron chi connectivity index (χ4n) is 2.89. The van der Waals surface area contributed by atoms with Gasteiger partial charge in [0.05, 0.1) is 17.3 Å². The number of piperazine rings is 1. The van der Waals surface area contributed by atoms with Crippen molar-refractivity contribution in [2.24, 2.45) is 5.73 Å². The average Bonchev–Trinajstić information content (AvgIpc) is 2.75. The normalized spacial score (nSPS) is 22.3. The van der Waals surface area contributed by atoms with Crippen LogP contribution in [0.1, 0.15) is 11.6 Å². The summed E-state index contributed by atoms with van der Waals surface area (Å²) >= 11 is 6.36. The molecule has 1 amide bonds. The summed E-state index contributed by atoms with van der Waals surface area (Å²) in [5.41, 5.74) is 8.26. The molecule has 0 saturated carbocycles. The number of aliphatic hydroxyl groups is 1. The van der Waals surface area contributed by atoms with E-state index in [2.05, 4.69) is 15.1 Å². The Kier molecular flexibility index (Phi) is 4.03. The Hall–Kier alpha value is -1.34. The van der Waals surface area contributed by atoms with Gasteiger partial charge in [-0.3, -0.25) is 9.69 Å². The highest BCUT2D eigenvalue weighted by atomic mass is 35.5. The van der Waals surface area contributed by atoms with Crippen LogP contribution in [0.3, 0.4) is 0 Å². The van der Waals surface area contributed by atoms with Crippen LogP contribution in [0.25, 0.3) is 0 Å². The summed E-state index contributed by atoms with van der Waals surface area (Å²) in [6.45, 7) is 4.36. The van der Waals surface area contributed by atoms with Gasteiger partial charge in [0.25, 0.3) is 0 Å².